The Labute approximate surface area is 96.0 Å². The highest BCUT2D eigenvalue weighted by atomic mass is 16.5. The second-order valence-electron chi connectivity index (χ2n) is 4.20. The van der Waals surface area contributed by atoms with Crippen LogP contribution in [0.15, 0.2) is 24.3 Å². The standard InChI is InChI=1S/C8H10O2.C5H8O/c1-10-8-4-2-7(6-9)3-5-8;1-2-5-3-4(1)6-5/h2-5,9H,6H2,1H3;4-5H,1-3H2. The summed E-state index contributed by atoms with van der Waals surface area (Å²) in [6.45, 7) is 0.0873. The molecule has 2 atom stereocenters. The van der Waals surface area contributed by atoms with Gasteiger partial charge >= 0.3 is 0 Å². The van der Waals surface area contributed by atoms with Crippen LogP contribution in [0.3, 0.4) is 0 Å². The number of fused-ring (bicyclic) bond motifs is 1. The van der Waals surface area contributed by atoms with Crippen molar-refractivity contribution in [2.75, 3.05) is 7.11 Å². The highest BCUT2D eigenvalue weighted by Gasteiger charge is 2.36. The van der Waals surface area contributed by atoms with Crippen LogP contribution in [-0.2, 0) is 11.3 Å². The van der Waals surface area contributed by atoms with Crippen molar-refractivity contribution < 1.29 is 14.6 Å². The summed E-state index contributed by atoms with van der Waals surface area (Å²) in [7, 11) is 1.62. The van der Waals surface area contributed by atoms with Gasteiger partial charge in [-0.25, -0.2) is 0 Å². The van der Waals surface area contributed by atoms with E-state index in [2.05, 4.69) is 0 Å². The van der Waals surface area contributed by atoms with Gasteiger partial charge < -0.3 is 14.6 Å². The molecule has 4 rings (SSSR count). The lowest BCUT2D eigenvalue weighted by molar-refractivity contribution is -0.0647. The Morgan fingerprint density at radius 2 is 1.81 bits per heavy atom. The lowest BCUT2D eigenvalue weighted by Crippen LogP contribution is -2.25. The van der Waals surface area contributed by atoms with E-state index in [0.29, 0.717) is 12.2 Å². The van der Waals surface area contributed by atoms with E-state index in [4.69, 9.17) is 14.6 Å². The van der Waals surface area contributed by atoms with Gasteiger partial charge in [-0.05, 0) is 37.0 Å². The summed E-state index contributed by atoms with van der Waals surface area (Å²) in [5, 5.41) is 8.66. The Kier molecular flexibility index (Phi) is 3.80. The maximum absolute atomic E-state index is 8.66. The fourth-order valence-corrected chi connectivity index (χ4v) is 2.03. The molecule has 0 amide bonds. The molecular formula is C13H18O3. The molecule has 1 aromatic carbocycles. The van der Waals surface area contributed by atoms with Gasteiger partial charge in [-0.15, -0.1) is 0 Å². The van der Waals surface area contributed by atoms with Gasteiger partial charge in [0.25, 0.3) is 0 Å². The third kappa shape index (κ3) is 2.74. The van der Waals surface area contributed by atoms with Gasteiger partial charge in [0.2, 0.25) is 0 Å². The number of aliphatic hydroxyl groups excluding tert-OH is 1. The Hall–Kier alpha value is -1.06. The molecule has 1 aromatic rings. The van der Waals surface area contributed by atoms with E-state index in [9.17, 15) is 0 Å². The van der Waals surface area contributed by atoms with Crippen LogP contribution in [0.25, 0.3) is 0 Å². The zero-order chi connectivity index (χ0) is 11.4. The molecule has 2 bridgehead atoms. The zero-order valence-corrected chi connectivity index (χ0v) is 9.56. The van der Waals surface area contributed by atoms with Crippen molar-refractivity contribution >= 4 is 0 Å². The Bertz CT molecular complexity index is 278. The molecule has 2 heterocycles. The minimum absolute atomic E-state index is 0.0873. The zero-order valence-electron chi connectivity index (χ0n) is 9.56. The number of hydrogen-bond donors (Lipinski definition) is 1. The van der Waals surface area contributed by atoms with Crippen molar-refractivity contribution in [3.05, 3.63) is 29.8 Å². The van der Waals surface area contributed by atoms with Gasteiger partial charge in [0, 0.05) is 0 Å². The van der Waals surface area contributed by atoms with Crippen LogP contribution >= 0.6 is 0 Å². The van der Waals surface area contributed by atoms with Crippen molar-refractivity contribution in [3.63, 3.8) is 0 Å². The lowest BCUT2D eigenvalue weighted by Gasteiger charge is -2.23. The Morgan fingerprint density at radius 3 is 2.12 bits per heavy atom. The van der Waals surface area contributed by atoms with Crippen molar-refractivity contribution in [3.8, 4) is 5.75 Å². The van der Waals surface area contributed by atoms with Crippen LogP contribution in [-0.4, -0.2) is 24.4 Å². The Balaban J connectivity index is 0.000000134. The first-order chi connectivity index (χ1) is 7.81. The quantitative estimate of drug-likeness (QED) is 0.833. The molecule has 2 saturated heterocycles. The summed E-state index contributed by atoms with van der Waals surface area (Å²) >= 11 is 0. The van der Waals surface area contributed by atoms with Crippen LogP contribution < -0.4 is 4.74 Å². The molecule has 0 aromatic heterocycles. The van der Waals surface area contributed by atoms with Gasteiger partial charge in [-0.1, -0.05) is 12.1 Å². The van der Waals surface area contributed by atoms with Gasteiger partial charge in [0.15, 0.2) is 0 Å². The summed E-state index contributed by atoms with van der Waals surface area (Å²) < 4.78 is 10.2. The number of hydrogen-bond acceptors (Lipinski definition) is 3. The monoisotopic (exact) mass is 222 g/mol. The van der Waals surface area contributed by atoms with E-state index in [1.54, 1.807) is 7.11 Å². The molecule has 0 radical (unpaired) electrons. The first-order valence-corrected chi connectivity index (χ1v) is 5.71. The number of methoxy groups -OCH3 is 1. The van der Waals surface area contributed by atoms with E-state index >= 15 is 0 Å². The van der Waals surface area contributed by atoms with Crippen molar-refractivity contribution in [2.45, 2.75) is 38.1 Å². The van der Waals surface area contributed by atoms with Crippen LogP contribution in [0.4, 0.5) is 0 Å². The predicted molar refractivity (Wildman–Crippen MR) is 61.4 cm³/mol. The van der Waals surface area contributed by atoms with Crippen molar-refractivity contribution in [2.24, 2.45) is 0 Å². The molecule has 1 N–H and O–H groups in total. The third-order valence-electron chi connectivity index (χ3n) is 3.06. The molecule has 1 aliphatic carbocycles. The first-order valence-electron chi connectivity index (χ1n) is 5.71. The number of ether oxygens (including phenoxy) is 2. The average molecular weight is 222 g/mol. The lowest BCUT2D eigenvalue weighted by atomic mass is 10.2. The van der Waals surface area contributed by atoms with Gasteiger partial charge in [0.05, 0.1) is 25.9 Å². The van der Waals surface area contributed by atoms with E-state index in [1.807, 2.05) is 24.3 Å². The van der Waals surface area contributed by atoms with E-state index in [0.717, 1.165) is 11.3 Å². The maximum atomic E-state index is 8.66. The van der Waals surface area contributed by atoms with Crippen LogP contribution in [0.1, 0.15) is 24.8 Å². The summed E-state index contributed by atoms with van der Waals surface area (Å²) in [4.78, 5) is 0. The van der Waals surface area contributed by atoms with Crippen molar-refractivity contribution in [1.29, 1.82) is 0 Å². The summed E-state index contributed by atoms with van der Waals surface area (Å²) in [6, 6.07) is 7.31. The summed E-state index contributed by atoms with van der Waals surface area (Å²) in [5.74, 6) is 0.817. The fourth-order valence-electron chi connectivity index (χ4n) is 2.03. The third-order valence-corrected chi connectivity index (χ3v) is 3.06. The molecule has 16 heavy (non-hydrogen) atoms. The summed E-state index contributed by atoms with van der Waals surface area (Å²) in [6.07, 6.45) is 5.42. The van der Waals surface area contributed by atoms with E-state index in [1.165, 1.54) is 19.3 Å². The molecule has 2 unspecified atom stereocenters. The van der Waals surface area contributed by atoms with Crippen molar-refractivity contribution in [1.82, 2.24) is 0 Å². The van der Waals surface area contributed by atoms with Crippen LogP contribution in [0, 0.1) is 0 Å². The predicted octanol–water partition coefficient (Wildman–Crippen LogP) is 2.13. The number of benzene rings is 1. The highest BCUT2D eigenvalue weighted by Crippen LogP contribution is 2.36. The minimum atomic E-state index is 0.0873. The molecule has 3 fully saturated rings. The molecule has 3 nitrogen and oxygen atoms in total. The molecule has 1 saturated carbocycles. The van der Waals surface area contributed by atoms with Crippen LogP contribution in [0.5, 0.6) is 5.75 Å². The SMILES string of the molecule is C1CC2CC1O2.COc1ccc(CO)cc1. The molecule has 88 valence electrons. The topological polar surface area (TPSA) is 38.7 Å². The maximum Gasteiger partial charge on any atom is 0.118 e. The number of aliphatic hydroxyl groups is 1. The molecular weight excluding hydrogens is 204 g/mol. The first kappa shape index (κ1) is 11.4. The molecule has 2 aliphatic heterocycles. The second-order valence-corrected chi connectivity index (χ2v) is 4.20. The normalized spacial score (nSPS) is 25.4. The van der Waals surface area contributed by atoms with E-state index in [-0.39, 0.29) is 6.61 Å². The fraction of sp³-hybridized carbons (Fsp3) is 0.538. The van der Waals surface area contributed by atoms with Gasteiger partial charge in [0.1, 0.15) is 5.75 Å². The van der Waals surface area contributed by atoms with Crippen LogP contribution in [0.2, 0.25) is 0 Å². The largest absolute Gasteiger partial charge is 0.497 e. The summed E-state index contributed by atoms with van der Waals surface area (Å²) in [5.41, 5.74) is 0.904. The Morgan fingerprint density at radius 1 is 1.25 bits per heavy atom. The minimum Gasteiger partial charge on any atom is -0.497 e. The highest BCUT2D eigenvalue weighted by molar-refractivity contribution is 5.26. The molecule has 3 aliphatic rings. The van der Waals surface area contributed by atoms with E-state index < -0.39 is 0 Å². The van der Waals surface area contributed by atoms with Gasteiger partial charge in [-0.2, -0.15) is 0 Å². The average Bonchev–Trinajstić information content (AvgIpc) is 2.93. The molecule has 0 spiro atoms. The number of rotatable bonds is 2. The smallest absolute Gasteiger partial charge is 0.118 e. The second kappa shape index (κ2) is 5.32. The van der Waals surface area contributed by atoms with Gasteiger partial charge in [-0.3, -0.25) is 0 Å². The molecule has 3 heteroatoms.